The molecule has 1 aromatic rings. The van der Waals surface area contributed by atoms with E-state index in [0.717, 1.165) is 25.2 Å². The number of hydrogen-bond donors (Lipinski definition) is 1. The summed E-state index contributed by atoms with van der Waals surface area (Å²) in [5.41, 5.74) is 1.03. The summed E-state index contributed by atoms with van der Waals surface area (Å²) in [5.74, 6) is 0.122. The second-order valence-electron chi connectivity index (χ2n) is 4.02. The minimum atomic E-state index is -0.164. The molecule has 1 aromatic carbocycles. The number of nitrogens with one attached hydrogen (secondary N) is 1. The predicted molar refractivity (Wildman–Crippen MR) is 58.5 cm³/mol. The highest BCUT2D eigenvalue weighted by Gasteiger charge is 2.21. The van der Waals surface area contributed by atoms with Gasteiger partial charge in [-0.3, -0.25) is 0 Å². The molecule has 1 N–H and O–H groups in total. The van der Waals surface area contributed by atoms with E-state index in [-0.39, 0.29) is 17.8 Å². The molecule has 15 heavy (non-hydrogen) atoms. The molecule has 0 spiro atoms. The molecule has 1 aliphatic heterocycles. The number of hydrogen-bond acceptors (Lipinski definition) is 1. The largest absolute Gasteiger partial charge is 0.314 e. The Morgan fingerprint density at radius 1 is 1.53 bits per heavy atom. The van der Waals surface area contributed by atoms with Crippen LogP contribution in [0, 0.1) is 5.82 Å². The minimum absolute atomic E-state index is 0.164. The van der Waals surface area contributed by atoms with Crippen LogP contribution < -0.4 is 10.6 Å². The number of rotatable bonds is 2. The summed E-state index contributed by atoms with van der Waals surface area (Å²) >= 11 is 0. The smallest absolute Gasteiger partial charge is 0.123 e. The zero-order valence-electron chi connectivity index (χ0n) is 8.91. The van der Waals surface area contributed by atoms with Gasteiger partial charge in [0.05, 0.1) is 0 Å². The van der Waals surface area contributed by atoms with Crippen molar-refractivity contribution in [3.63, 3.8) is 0 Å². The van der Waals surface area contributed by atoms with Crippen LogP contribution in [0.25, 0.3) is 0 Å². The van der Waals surface area contributed by atoms with Crippen LogP contribution in [0.1, 0.15) is 18.4 Å². The van der Waals surface area contributed by atoms with E-state index >= 15 is 0 Å². The molecular formula is C12H16FN2. The van der Waals surface area contributed by atoms with Gasteiger partial charge in [-0.2, -0.15) is 0 Å². The molecule has 1 fully saturated rings. The van der Waals surface area contributed by atoms with E-state index in [1.54, 1.807) is 12.1 Å². The van der Waals surface area contributed by atoms with E-state index in [1.165, 1.54) is 6.07 Å². The van der Waals surface area contributed by atoms with E-state index in [2.05, 4.69) is 17.6 Å². The van der Waals surface area contributed by atoms with Crippen LogP contribution in [0.15, 0.2) is 24.3 Å². The molecule has 2 atom stereocenters. The Labute approximate surface area is 89.9 Å². The third-order valence-corrected chi connectivity index (χ3v) is 2.96. The predicted octanol–water partition coefficient (Wildman–Crippen LogP) is 1.51. The van der Waals surface area contributed by atoms with Crippen LogP contribution >= 0.6 is 0 Å². The second kappa shape index (κ2) is 4.73. The fourth-order valence-corrected chi connectivity index (χ4v) is 1.97. The number of piperazine rings is 1. The Morgan fingerprint density at radius 3 is 3.07 bits per heavy atom. The molecule has 1 aliphatic rings. The topological polar surface area (TPSA) is 26.1 Å². The van der Waals surface area contributed by atoms with Crippen LogP contribution in [0.3, 0.4) is 0 Å². The molecule has 2 nitrogen and oxygen atoms in total. The zero-order valence-corrected chi connectivity index (χ0v) is 8.91. The first-order valence-electron chi connectivity index (χ1n) is 5.40. The molecule has 0 saturated carbocycles. The summed E-state index contributed by atoms with van der Waals surface area (Å²) in [4.78, 5) is 0. The Hall–Kier alpha value is -0.930. The highest BCUT2D eigenvalue weighted by Crippen LogP contribution is 2.20. The summed E-state index contributed by atoms with van der Waals surface area (Å²) in [6, 6.07) is 7.09. The summed E-state index contributed by atoms with van der Waals surface area (Å²) in [5, 5.41) is 7.86. The normalized spacial score (nSPS) is 23.7. The average Bonchev–Trinajstić information content (AvgIpc) is 2.29. The van der Waals surface area contributed by atoms with Crippen molar-refractivity contribution in [3.8, 4) is 0 Å². The van der Waals surface area contributed by atoms with Gasteiger partial charge in [-0.15, -0.1) is 0 Å². The van der Waals surface area contributed by atoms with Crippen molar-refractivity contribution in [3.05, 3.63) is 35.6 Å². The molecule has 2 unspecified atom stereocenters. The van der Waals surface area contributed by atoms with Crippen LogP contribution in [0.5, 0.6) is 0 Å². The van der Waals surface area contributed by atoms with Crippen molar-refractivity contribution >= 4 is 0 Å². The van der Waals surface area contributed by atoms with Gasteiger partial charge >= 0.3 is 0 Å². The molecule has 1 saturated heterocycles. The van der Waals surface area contributed by atoms with Gasteiger partial charge in [0, 0.05) is 25.7 Å². The first kappa shape index (κ1) is 10.6. The number of halogens is 1. The Kier molecular flexibility index (Phi) is 3.34. The van der Waals surface area contributed by atoms with Gasteiger partial charge in [0.2, 0.25) is 0 Å². The standard InChI is InChI=1S/C12H16FN2/c1-9(12-8-14-5-6-15-12)10-3-2-4-11(13)7-10/h2-4,7,9,12,14H,5-6,8H2,1H3. The monoisotopic (exact) mass is 207 g/mol. The minimum Gasteiger partial charge on any atom is -0.314 e. The van der Waals surface area contributed by atoms with Crippen molar-refractivity contribution < 1.29 is 4.39 Å². The molecule has 1 heterocycles. The van der Waals surface area contributed by atoms with Crippen LogP contribution in [-0.2, 0) is 0 Å². The third kappa shape index (κ3) is 2.55. The zero-order chi connectivity index (χ0) is 10.7. The van der Waals surface area contributed by atoms with E-state index in [9.17, 15) is 4.39 Å². The van der Waals surface area contributed by atoms with Crippen molar-refractivity contribution in [2.24, 2.45) is 0 Å². The molecule has 0 bridgehead atoms. The van der Waals surface area contributed by atoms with Gasteiger partial charge in [0.15, 0.2) is 0 Å². The molecule has 2 rings (SSSR count). The maximum Gasteiger partial charge on any atom is 0.123 e. The molecule has 0 amide bonds. The average molecular weight is 207 g/mol. The summed E-state index contributed by atoms with van der Waals surface area (Å²) in [7, 11) is 0. The lowest BCUT2D eigenvalue weighted by molar-refractivity contribution is 0.370. The third-order valence-electron chi connectivity index (χ3n) is 2.96. The van der Waals surface area contributed by atoms with Crippen LogP contribution in [0.2, 0.25) is 0 Å². The van der Waals surface area contributed by atoms with Gasteiger partial charge in [-0.25, -0.2) is 9.71 Å². The van der Waals surface area contributed by atoms with Crippen LogP contribution in [-0.4, -0.2) is 25.7 Å². The summed E-state index contributed by atoms with van der Waals surface area (Å²) in [6.07, 6.45) is 0. The van der Waals surface area contributed by atoms with Gasteiger partial charge in [-0.05, 0) is 23.6 Å². The second-order valence-corrected chi connectivity index (χ2v) is 4.02. The lowest BCUT2D eigenvalue weighted by atomic mass is 9.92. The van der Waals surface area contributed by atoms with E-state index in [0.29, 0.717) is 0 Å². The van der Waals surface area contributed by atoms with Gasteiger partial charge in [0.1, 0.15) is 5.82 Å². The molecule has 1 radical (unpaired) electrons. The molecule has 0 aliphatic carbocycles. The summed E-state index contributed by atoms with van der Waals surface area (Å²) in [6.45, 7) is 4.84. The van der Waals surface area contributed by atoms with E-state index in [1.807, 2.05) is 6.07 Å². The van der Waals surface area contributed by atoms with Crippen LogP contribution in [0.4, 0.5) is 4.39 Å². The summed E-state index contributed by atoms with van der Waals surface area (Å²) < 4.78 is 13.0. The molecular weight excluding hydrogens is 191 g/mol. The van der Waals surface area contributed by atoms with E-state index < -0.39 is 0 Å². The Bertz CT molecular complexity index is 321. The molecule has 0 aromatic heterocycles. The Balaban J connectivity index is 2.08. The number of nitrogens with zero attached hydrogens (tertiary/aromatic N) is 1. The first-order chi connectivity index (χ1) is 7.27. The Morgan fingerprint density at radius 2 is 2.40 bits per heavy atom. The quantitative estimate of drug-likeness (QED) is 0.781. The molecule has 3 heteroatoms. The lowest BCUT2D eigenvalue weighted by Crippen LogP contribution is -2.46. The van der Waals surface area contributed by atoms with Gasteiger partial charge in [-0.1, -0.05) is 19.1 Å². The SMILES string of the molecule is CC(c1cccc(F)c1)C1CNCC[N]1. The lowest BCUT2D eigenvalue weighted by Gasteiger charge is -2.28. The van der Waals surface area contributed by atoms with Crippen molar-refractivity contribution in [2.75, 3.05) is 19.6 Å². The fourth-order valence-electron chi connectivity index (χ4n) is 1.97. The molecule has 81 valence electrons. The highest BCUT2D eigenvalue weighted by molar-refractivity contribution is 5.22. The highest BCUT2D eigenvalue weighted by atomic mass is 19.1. The van der Waals surface area contributed by atoms with Gasteiger partial charge in [0.25, 0.3) is 0 Å². The van der Waals surface area contributed by atoms with E-state index in [4.69, 9.17) is 0 Å². The van der Waals surface area contributed by atoms with Crippen molar-refractivity contribution in [2.45, 2.75) is 18.9 Å². The van der Waals surface area contributed by atoms with Gasteiger partial charge < -0.3 is 5.32 Å². The van der Waals surface area contributed by atoms with Crippen molar-refractivity contribution in [1.82, 2.24) is 10.6 Å². The fraction of sp³-hybridized carbons (Fsp3) is 0.500. The maximum absolute atomic E-state index is 13.0. The maximum atomic E-state index is 13.0. The van der Waals surface area contributed by atoms with Crippen molar-refractivity contribution in [1.29, 1.82) is 0 Å². The number of benzene rings is 1. The first-order valence-corrected chi connectivity index (χ1v) is 5.40.